The van der Waals surface area contributed by atoms with Gasteiger partial charge in [0.2, 0.25) is 0 Å². The van der Waals surface area contributed by atoms with Gasteiger partial charge in [-0.3, -0.25) is 24.5 Å². The molecule has 0 unspecified atom stereocenters. The zero-order valence-corrected chi connectivity index (χ0v) is 16.4. The molecular formula is C21H19NO8. The van der Waals surface area contributed by atoms with Crippen molar-refractivity contribution in [2.75, 3.05) is 0 Å². The van der Waals surface area contributed by atoms with Gasteiger partial charge in [0.25, 0.3) is 5.69 Å². The lowest BCUT2D eigenvalue weighted by molar-refractivity contribution is -0.384. The van der Waals surface area contributed by atoms with Crippen LogP contribution < -0.4 is 14.2 Å². The van der Waals surface area contributed by atoms with E-state index in [1.54, 1.807) is 6.07 Å². The van der Waals surface area contributed by atoms with Gasteiger partial charge in [0, 0.05) is 44.0 Å². The number of benzene rings is 2. The molecule has 0 aromatic heterocycles. The van der Waals surface area contributed by atoms with E-state index in [4.69, 9.17) is 14.2 Å². The van der Waals surface area contributed by atoms with Crippen LogP contribution in [0.1, 0.15) is 32.3 Å². The number of nitrogens with zero attached hydrogens (tertiary/aromatic N) is 1. The van der Waals surface area contributed by atoms with Crippen molar-refractivity contribution in [3.05, 3.63) is 64.7 Å². The van der Waals surface area contributed by atoms with E-state index >= 15 is 0 Å². The minimum Gasteiger partial charge on any atom is -0.427 e. The summed E-state index contributed by atoms with van der Waals surface area (Å²) < 4.78 is 15.3. The van der Waals surface area contributed by atoms with E-state index in [2.05, 4.69) is 6.58 Å². The Morgan fingerprint density at radius 1 is 0.900 bits per heavy atom. The SMILES string of the molecule is C=C(CCC(=O)Oc1ccc([N+](=O)[O-])cc1)c1ccc(OC(C)=O)cc1OC(C)=O. The number of nitro benzene ring substituents is 1. The van der Waals surface area contributed by atoms with Crippen LogP contribution in [0.3, 0.4) is 0 Å². The maximum atomic E-state index is 12.1. The monoisotopic (exact) mass is 413 g/mol. The third-order valence-electron chi connectivity index (χ3n) is 3.76. The van der Waals surface area contributed by atoms with Crippen molar-refractivity contribution >= 4 is 29.2 Å². The summed E-state index contributed by atoms with van der Waals surface area (Å²) in [6.45, 7) is 6.39. The molecule has 0 aliphatic rings. The van der Waals surface area contributed by atoms with E-state index in [9.17, 15) is 24.5 Å². The summed E-state index contributed by atoms with van der Waals surface area (Å²) in [5, 5.41) is 10.6. The van der Waals surface area contributed by atoms with Gasteiger partial charge in [0.1, 0.15) is 17.2 Å². The molecule has 0 fully saturated rings. The third kappa shape index (κ3) is 6.55. The van der Waals surface area contributed by atoms with Gasteiger partial charge in [-0.1, -0.05) is 6.58 Å². The second kappa shape index (κ2) is 9.97. The quantitative estimate of drug-likeness (QED) is 0.277. The first kappa shape index (κ1) is 22.3. The number of allylic oxidation sites excluding steroid dienone is 1. The molecule has 30 heavy (non-hydrogen) atoms. The molecule has 2 rings (SSSR count). The van der Waals surface area contributed by atoms with Gasteiger partial charge in [-0.2, -0.15) is 0 Å². The molecule has 0 saturated carbocycles. The smallest absolute Gasteiger partial charge is 0.311 e. The molecule has 0 bridgehead atoms. The second-order valence-corrected chi connectivity index (χ2v) is 6.17. The summed E-state index contributed by atoms with van der Waals surface area (Å²) in [5.41, 5.74) is 0.865. The number of esters is 3. The molecule has 2 aromatic carbocycles. The van der Waals surface area contributed by atoms with E-state index in [1.807, 2.05) is 0 Å². The van der Waals surface area contributed by atoms with Gasteiger partial charge in [0.05, 0.1) is 4.92 Å². The summed E-state index contributed by atoms with van der Waals surface area (Å²) >= 11 is 0. The average Bonchev–Trinajstić information content (AvgIpc) is 2.66. The lowest BCUT2D eigenvalue weighted by atomic mass is 10.0. The van der Waals surface area contributed by atoms with Crippen molar-refractivity contribution in [2.45, 2.75) is 26.7 Å². The molecule has 0 atom stereocenters. The van der Waals surface area contributed by atoms with E-state index in [0.717, 1.165) is 0 Å². The van der Waals surface area contributed by atoms with Crippen LogP contribution in [-0.2, 0) is 14.4 Å². The highest BCUT2D eigenvalue weighted by atomic mass is 16.6. The molecule has 9 nitrogen and oxygen atoms in total. The van der Waals surface area contributed by atoms with Gasteiger partial charge in [0.15, 0.2) is 0 Å². The van der Waals surface area contributed by atoms with Crippen LogP contribution in [0.5, 0.6) is 17.2 Å². The van der Waals surface area contributed by atoms with E-state index in [0.29, 0.717) is 11.1 Å². The van der Waals surface area contributed by atoms with Gasteiger partial charge < -0.3 is 14.2 Å². The minimum atomic E-state index is -0.568. The number of carbonyl (C=O) groups excluding carboxylic acids is 3. The molecule has 0 saturated heterocycles. The highest BCUT2D eigenvalue weighted by Crippen LogP contribution is 2.32. The fourth-order valence-electron chi connectivity index (χ4n) is 2.47. The molecular weight excluding hydrogens is 394 g/mol. The van der Waals surface area contributed by atoms with Crippen molar-refractivity contribution in [2.24, 2.45) is 0 Å². The summed E-state index contributed by atoms with van der Waals surface area (Å²) in [6, 6.07) is 9.60. The molecule has 156 valence electrons. The lowest BCUT2D eigenvalue weighted by Gasteiger charge is -2.13. The van der Waals surface area contributed by atoms with E-state index < -0.39 is 22.8 Å². The van der Waals surface area contributed by atoms with Crippen molar-refractivity contribution in [1.82, 2.24) is 0 Å². The molecule has 0 amide bonds. The molecule has 0 spiro atoms. The molecule has 9 heteroatoms. The maximum Gasteiger partial charge on any atom is 0.311 e. The number of non-ortho nitro benzene ring substituents is 1. The number of rotatable bonds is 8. The largest absolute Gasteiger partial charge is 0.427 e. The maximum absolute atomic E-state index is 12.1. The van der Waals surface area contributed by atoms with Crippen LogP contribution in [0.4, 0.5) is 5.69 Å². The van der Waals surface area contributed by atoms with Crippen LogP contribution in [0.15, 0.2) is 49.0 Å². The van der Waals surface area contributed by atoms with Crippen molar-refractivity contribution in [3.8, 4) is 17.2 Å². The molecule has 0 heterocycles. The first-order valence-corrected chi connectivity index (χ1v) is 8.80. The number of ether oxygens (including phenoxy) is 3. The first-order chi connectivity index (χ1) is 14.2. The lowest BCUT2D eigenvalue weighted by Crippen LogP contribution is -2.09. The van der Waals surface area contributed by atoms with Crippen molar-refractivity contribution < 1.29 is 33.5 Å². The second-order valence-electron chi connectivity index (χ2n) is 6.17. The highest BCUT2D eigenvalue weighted by Gasteiger charge is 2.15. The standard InChI is InChI=1S/C21H19NO8/c1-13(4-11-21(25)30-17-7-5-16(6-8-17)22(26)27)19-10-9-18(28-14(2)23)12-20(19)29-15(3)24/h5-10,12H,1,4,11H2,2-3H3. The Morgan fingerprint density at radius 3 is 2.07 bits per heavy atom. The summed E-state index contributed by atoms with van der Waals surface area (Å²) in [7, 11) is 0. The van der Waals surface area contributed by atoms with E-state index in [-0.39, 0.29) is 35.8 Å². The van der Waals surface area contributed by atoms with Crippen LogP contribution in [-0.4, -0.2) is 22.8 Å². The van der Waals surface area contributed by atoms with E-state index in [1.165, 1.54) is 50.2 Å². The topological polar surface area (TPSA) is 122 Å². The fraction of sp³-hybridized carbons (Fsp3) is 0.190. The first-order valence-electron chi connectivity index (χ1n) is 8.80. The predicted octanol–water partition coefficient (Wildman–Crippen LogP) is 3.84. The number of carbonyl (C=O) groups is 3. The Hall–Kier alpha value is -4.01. The highest BCUT2D eigenvalue weighted by molar-refractivity contribution is 5.79. The summed E-state index contributed by atoms with van der Waals surface area (Å²) in [5.74, 6) is -1.12. The Kier molecular flexibility index (Phi) is 7.40. The van der Waals surface area contributed by atoms with Crippen LogP contribution in [0.25, 0.3) is 5.57 Å². The molecule has 0 aliphatic carbocycles. The third-order valence-corrected chi connectivity index (χ3v) is 3.76. The molecule has 2 aromatic rings. The van der Waals surface area contributed by atoms with Crippen molar-refractivity contribution in [3.63, 3.8) is 0 Å². The fourth-order valence-corrected chi connectivity index (χ4v) is 2.47. The molecule has 0 N–H and O–H groups in total. The predicted molar refractivity (Wildman–Crippen MR) is 106 cm³/mol. The number of hydrogen-bond acceptors (Lipinski definition) is 8. The number of nitro groups is 1. The van der Waals surface area contributed by atoms with Crippen LogP contribution in [0, 0.1) is 10.1 Å². The minimum absolute atomic E-state index is 0.0268. The molecule has 0 aliphatic heterocycles. The summed E-state index contributed by atoms with van der Waals surface area (Å²) in [4.78, 5) is 44.7. The van der Waals surface area contributed by atoms with Gasteiger partial charge in [-0.15, -0.1) is 0 Å². The Labute approximate surface area is 172 Å². The van der Waals surface area contributed by atoms with Crippen molar-refractivity contribution in [1.29, 1.82) is 0 Å². The Morgan fingerprint density at radius 2 is 1.50 bits per heavy atom. The zero-order chi connectivity index (χ0) is 22.3. The zero-order valence-electron chi connectivity index (χ0n) is 16.4. The average molecular weight is 413 g/mol. The van der Waals surface area contributed by atoms with Gasteiger partial charge >= 0.3 is 17.9 Å². The van der Waals surface area contributed by atoms with Gasteiger partial charge in [-0.25, -0.2) is 0 Å². The Balaban J connectivity index is 2.03. The normalized spacial score (nSPS) is 10.1. The van der Waals surface area contributed by atoms with Gasteiger partial charge in [-0.05, 0) is 36.3 Å². The summed E-state index contributed by atoms with van der Waals surface area (Å²) in [6.07, 6.45) is 0.175. The number of hydrogen-bond donors (Lipinski definition) is 0. The molecule has 0 radical (unpaired) electrons. The Bertz CT molecular complexity index is 995. The van der Waals surface area contributed by atoms with Crippen LogP contribution in [0.2, 0.25) is 0 Å². The van der Waals surface area contributed by atoms with Crippen LogP contribution >= 0.6 is 0 Å².